The molecule has 1 heterocycles. The summed E-state index contributed by atoms with van der Waals surface area (Å²) in [5, 5.41) is 2.82. The molecule has 36 heavy (non-hydrogen) atoms. The lowest BCUT2D eigenvalue weighted by Gasteiger charge is -2.26. The van der Waals surface area contributed by atoms with Crippen LogP contribution in [0.5, 0.6) is 11.5 Å². The van der Waals surface area contributed by atoms with Gasteiger partial charge in [-0.05, 0) is 71.7 Å². The van der Waals surface area contributed by atoms with Gasteiger partial charge in [0.1, 0.15) is 12.2 Å². The summed E-state index contributed by atoms with van der Waals surface area (Å²) in [5.41, 5.74) is 2.47. The van der Waals surface area contributed by atoms with Crippen molar-refractivity contribution in [3.63, 3.8) is 0 Å². The van der Waals surface area contributed by atoms with Crippen LogP contribution in [0.2, 0.25) is 5.02 Å². The fourth-order valence-corrected chi connectivity index (χ4v) is 4.36. The maximum atomic E-state index is 13.2. The van der Waals surface area contributed by atoms with E-state index in [0.717, 1.165) is 16.0 Å². The van der Waals surface area contributed by atoms with Crippen molar-refractivity contribution in [1.82, 2.24) is 5.32 Å². The maximum Gasteiger partial charge on any atom is 0.335 e. The van der Waals surface area contributed by atoms with Crippen LogP contribution in [-0.4, -0.2) is 24.5 Å². The van der Waals surface area contributed by atoms with Gasteiger partial charge in [-0.1, -0.05) is 47.5 Å². The molecule has 0 saturated carbocycles. The molecule has 1 aliphatic rings. The zero-order valence-electron chi connectivity index (χ0n) is 19.5. The van der Waals surface area contributed by atoms with E-state index in [9.17, 15) is 14.4 Å². The number of carbonyl (C=O) groups is 3. The summed E-state index contributed by atoms with van der Waals surface area (Å²) in [7, 11) is 0. The number of hydrogen-bond donors (Lipinski definition) is 1. The van der Waals surface area contributed by atoms with Gasteiger partial charge in [-0.15, -0.1) is 0 Å². The van der Waals surface area contributed by atoms with Gasteiger partial charge in [0.05, 0.1) is 16.8 Å². The second kappa shape index (κ2) is 11.0. The van der Waals surface area contributed by atoms with Crippen LogP contribution in [0.4, 0.5) is 10.5 Å². The molecule has 7 nitrogen and oxygen atoms in total. The highest BCUT2D eigenvalue weighted by atomic mass is 79.9. The molecule has 3 aromatic carbocycles. The number of carbonyl (C=O) groups excluding carboxylic acids is 3. The van der Waals surface area contributed by atoms with Crippen molar-refractivity contribution in [1.29, 1.82) is 0 Å². The van der Waals surface area contributed by atoms with E-state index >= 15 is 0 Å². The van der Waals surface area contributed by atoms with Crippen molar-refractivity contribution in [2.75, 3.05) is 11.5 Å². The van der Waals surface area contributed by atoms with Crippen molar-refractivity contribution in [3.05, 3.63) is 92.4 Å². The molecule has 184 valence electrons. The van der Waals surface area contributed by atoms with Crippen LogP contribution in [0.15, 0.2) is 70.7 Å². The molecule has 9 heteroatoms. The van der Waals surface area contributed by atoms with E-state index in [4.69, 9.17) is 21.1 Å². The van der Waals surface area contributed by atoms with Crippen molar-refractivity contribution < 1.29 is 23.9 Å². The largest absolute Gasteiger partial charge is 0.490 e. The Labute approximate surface area is 221 Å². The predicted molar refractivity (Wildman–Crippen MR) is 141 cm³/mol. The molecule has 0 unspecified atom stereocenters. The smallest absolute Gasteiger partial charge is 0.335 e. The summed E-state index contributed by atoms with van der Waals surface area (Å²) >= 11 is 9.74. The number of amides is 4. The molecular weight excluding hydrogens is 548 g/mol. The van der Waals surface area contributed by atoms with Gasteiger partial charge in [-0.3, -0.25) is 14.9 Å². The Morgan fingerprint density at radius 3 is 2.44 bits per heavy atom. The van der Waals surface area contributed by atoms with Crippen LogP contribution in [0, 0.1) is 6.92 Å². The standard InChI is InChI=1S/C27H22BrClN2O5/c1-3-35-23-14-17(13-21(28)24(23)36-15-18-6-4-5-7-22(18)29)12-20-25(32)30-27(34)31(26(20)33)19-10-8-16(2)9-11-19/h4-14H,3,15H2,1-2H3,(H,30,32,34)/b20-12+. The van der Waals surface area contributed by atoms with Crippen molar-refractivity contribution >= 4 is 57.1 Å². The Balaban J connectivity index is 1.66. The molecule has 1 saturated heterocycles. The molecule has 0 aliphatic carbocycles. The van der Waals surface area contributed by atoms with E-state index in [-0.39, 0.29) is 12.2 Å². The van der Waals surface area contributed by atoms with E-state index in [1.54, 1.807) is 42.5 Å². The Morgan fingerprint density at radius 2 is 1.75 bits per heavy atom. The van der Waals surface area contributed by atoms with Gasteiger partial charge in [-0.2, -0.15) is 0 Å². The number of hydrogen-bond acceptors (Lipinski definition) is 5. The lowest BCUT2D eigenvalue weighted by molar-refractivity contribution is -0.122. The fourth-order valence-electron chi connectivity index (χ4n) is 3.59. The number of nitrogens with zero attached hydrogens (tertiary/aromatic N) is 1. The first kappa shape index (κ1) is 25.5. The number of rotatable bonds is 7. The van der Waals surface area contributed by atoms with Gasteiger partial charge >= 0.3 is 6.03 Å². The summed E-state index contributed by atoms with van der Waals surface area (Å²) in [5.74, 6) is -0.627. The molecule has 0 bridgehead atoms. The average molecular weight is 570 g/mol. The highest BCUT2D eigenvalue weighted by molar-refractivity contribution is 9.10. The molecule has 1 fully saturated rings. The quantitative estimate of drug-likeness (QED) is 0.276. The Hall–Kier alpha value is -3.62. The molecule has 0 spiro atoms. The minimum atomic E-state index is -0.800. The third-order valence-electron chi connectivity index (χ3n) is 5.37. The van der Waals surface area contributed by atoms with E-state index in [1.807, 2.05) is 32.0 Å². The van der Waals surface area contributed by atoms with E-state index in [0.29, 0.717) is 38.9 Å². The minimum Gasteiger partial charge on any atom is -0.490 e. The minimum absolute atomic E-state index is 0.186. The van der Waals surface area contributed by atoms with Crippen LogP contribution < -0.4 is 19.7 Å². The first-order chi connectivity index (χ1) is 17.3. The number of halogens is 2. The predicted octanol–water partition coefficient (Wildman–Crippen LogP) is 6.06. The van der Waals surface area contributed by atoms with Crippen LogP contribution in [0.3, 0.4) is 0 Å². The molecule has 0 aromatic heterocycles. The molecule has 3 aromatic rings. The van der Waals surface area contributed by atoms with Gasteiger partial charge in [0.15, 0.2) is 11.5 Å². The first-order valence-corrected chi connectivity index (χ1v) is 12.3. The van der Waals surface area contributed by atoms with Crippen LogP contribution in [-0.2, 0) is 16.2 Å². The Bertz CT molecular complexity index is 1370. The average Bonchev–Trinajstić information content (AvgIpc) is 2.83. The molecule has 4 amide bonds. The molecule has 0 radical (unpaired) electrons. The normalized spacial score (nSPS) is 14.7. The highest BCUT2D eigenvalue weighted by Gasteiger charge is 2.36. The molecule has 4 rings (SSSR count). The zero-order chi connectivity index (χ0) is 25.8. The topological polar surface area (TPSA) is 84.9 Å². The lowest BCUT2D eigenvalue weighted by atomic mass is 10.1. The molecular formula is C27H22BrClN2O5. The van der Waals surface area contributed by atoms with Gasteiger partial charge in [0, 0.05) is 10.6 Å². The first-order valence-electron chi connectivity index (χ1n) is 11.1. The van der Waals surface area contributed by atoms with Gasteiger partial charge in [0.25, 0.3) is 11.8 Å². The van der Waals surface area contributed by atoms with Gasteiger partial charge in [-0.25, -0.2) is 9.69 Å². The maximum absolute atomic E-state index is 13.2. The molecule has 1 aliphatic heterocycles. The number of aryl methyl sites for hydroxylation is 1. The number of anilines is 1. The Morgan fingerprint density at radius 1 is 1.03 bits per heavy atom. The van der Waals surface area contributed by atoms with Crippen molar-refractivity contribution in [2.24, 2.45) is 0 Å². The van der Waals surface area contributed by atoms with Gasteiger partial charge < -0.3 is 9.47 Å². The van der Waals surface area contributed by atoms with Gasteiger partial charge in [0.2, 0.25) is 0 Å². The van der Waals surface area contributed by atoms with Crippen molar-refractivity contribution in [3.8, 4) is 11.5 Å². The summed E-state index contributed by atoms with van der Waals surface area (Å²) in [4.78, 5) is 39.1. The van der Waals surface area contributed by atoms with Crippen LogP contribution in [0.25, 0.3) is 6.08 Å². The second-order valence-electron chi connectivity index (χ2n) is 7.94. The zero-order valence-corrected chi connectivity index (χ0v) is 21.9. The number of benzene rings is 3. The summed E-state index contributed by atoms with van der Waals surface area (Å²) in [6, 6.07) is 16.8. The third-order valence-corrected chi connectivity index (χ3v) is 6.32. The molecule has 0 atom stereocenters. The summed E-state index contributed by atoms with van der Waals surface area (Å²) in [6.45, 7) is 4.31. The summed E-state index contributed by atoms with van der Waals surface area (Å²) < 4.78 is 12.3. The van der Waals surface area contributed by atoms with Crippen molar-refractivity contribution in [2.45, 2.75) is 20.5 Å². The summed E-state index contributed by atoms with van der Waals surface area (Å²) in [6.07, 6.45) is 1.41. The Kier molecular flexibility index (Phi) is 7.76. The second-order valence-corrected chi connectivity index (χ2v) is 9.20. The fraction of sp³-hybridized carbons (Fsp3) is 0.148. The van der Waals surface area contributed by atoms with E-state index in [1.165, 1.54) is 6.08 Å². The monoisotopic (exact) mass is 568 g/mol. The van der Waals surface area contributed by atoms with E-state index < -0.39 is 17.8 Å². The number of ether oxygens (including phenoxy) is 2. The van der Waals surface area contributed by atoms with E-state index in [2.05, 4.69) is 21.2 Å². The lowest BCUT2D eigenvalue weighted by Crippen LogP contribution is -2.54. The number of urea groups is 1. The number of nitrogens with one attached hydrogen (secondary N) is 1. The SMILES string of the molecule is CCOc1cc(/C=C2\C(=O)NC(=O)N(c3ccc(C)cc3)C2=O)cc(Br)c1OCc1ccccc1Cl. The molecule has 1 N–H and O–H groups in total. The van der Waals surface area contributed by atoms with Crippen LogP contribution >= 0.6 is 27.5 Å². The number of imide groups is 2. The highest BCUT2D eigenvalue weighted by Crippen LogP contribution is 2.38. The van der Waals surface area contributed by atoms with Crippen LogP contribution in [0.1, 0.15) is 23.6 Å². The number of barbiturate groups is 1. The third kappa shape index (κ3) is 5.45.